The average Bonchev–Trinajstić information content (AvgIpc) is 3.29. The summed E-state index contributed by atoms with van der Waals surface area (Å²) in [6, 6.07) is 33.0. The predicted octanol–water partition coefficient (Wildman–Crippen LogP) is 5.71. The molecular weight excluding hydrogens is 544 g/mol. The van der Waals surface area contributed by atoms with Gasteiger partial charge < -0.3 is 9.47 Å². The van der Waals surface area contributed by atoms with Crippen LogP contribution in [0.3, 0.4) is 0 Å². The average molecular weight is 575 g/mol. The molecule has 2 amide bonds. The van der Waals surface area contributed by atoms with Crippen LogP contribution in [0, 0.1) is 0 Å². The van der Waals surface area contributed by atoms with Crippen LogP contribution in [0.5, 0.6) is 5.75 Å². The second kappa shape index (κ2) is 12.3. The van der Waals surface area contributed by atoms with Gasteiger partial charge in [0.2, 0.25) is 5.78 Å². The Morgan fingerprint density at radius 3 is 1.86 bits per heavy atom. The molecule has 2 aliphatic heterocycles. The number of hydroxylamine groups is 2. The Morgan fingerprint density at radius 2 is 1.30 bits per heavy atom. The smallest absolute Gasteiger partial charge is 0.261 e. The van der Waals surface area contributed by atoms with Gasteiger partial charge in [0.05, 0.1) is 37.0 Å². The molecule has 4 aromatic carbocycles. The van der Waals surface area contributed by atoms with Crippen molar-refractivity contribution in [3.8, 4) is 5.75 Å². The van der Waals surface area contributed by atoms with Gasteiger partial charge in [-0.05, 0) is 41.0 Å². The van der Waals surface area contributed by atoms with E-state index >= 15 is 0 Å². The molecule has 1 atom stereocenters. The van der Waals surface area contributed by atoms with E-state index in [1.54, 1.807) is 36.4 Å². The van der Waals surface area contributed by atoms with Crippen molar-refractivity contribution in [1.82, 2.24) is 9.96 Å². The molecule has 2 heterocycles. The predicted molar refractivity (Wildman–Crippen MR) is 159 cm³/mol. The Labute approximate surface area is 249 Å². The van der Waals surface area contributed by atoms with Gasteiger partial charge in [-0.25, -0.2) is 0 Å². The van der Waals surface area contributed by atoms with Crippen molar-refractivity contribution in [3.63, 3.8) is 0 Å². The van der Waals surface area contributed by atoms with Gasteiger partial charge in [-0.1, -0.05) is 84.9 Å². The molecule has 6 rings (SSSR count). The first-order valence-corrected chi connectivity index (χ1v) is 14.0. The SMILES string of the molecule is COc1ccc(COC2=CN(OC(c3ccccc3)c3ccccc3)C(CN3C(=O)c4ccccc4C3=O)CC2=O)cc1. The fraction of sp³-hybridized carbons (Fsp3) is 0.171. The van der Waals surface area contributed by atoms with Gasteiger partial charge in [0.15, 0.2) is 5.76 Å². The minimum absolute atomic E-state index is 0.0157. The number of benzene rings is 4. The Morgan fingerprint density at radius 1 is 0.744 bits per heavy atom. The highest BCUT2D eigenvalue weighted by molar-refractivity contribution is 6.21. The number of hydrogen-bond acceptors (Lipinski definition) is 7. The third-order valence-electron chi connectivity index (χ3n) is 7.56. The largest absolute Gasteiger partial charge is 0.497 e. The van der Waals surface area contributed by atoms with E-state index in [0.29, 0.717) is 11.1 Å². The van der Waals surface area contributed by atoms with Gasteiger partial charge in [-0.2, -0.15) is 0 Å². The van der Waals surface area contributed by atoms with E-state index in [0.717, 1.165) is 22.4 Å². The van der Waals surface area contributed by atoms with E-state index in [1.165, 1.54) is 11.1 Å². The van der Waals surface area contributed by atoms with Crippen LogP contribution in [0.25, 0.3) is 0 Å². The quantitative estimate of drug-likeness (QED) is 0.224. The molecule has 43 heavy (non-hydrogen) atoms. The number of ether oxygens (including phenoxy) is 2. The molecule has 8 nitrogen and oxygen atoms in total. The number of imide groups is 1. The summed E-state index contributed by atoms with van der Waals surface area (Å²) in [5.74, 6) is -0.164. The zero-order chi connectivity index (χ0) is 29.8. The van der Waals surface area contributed by atoms with E-state index in [4.69, 9.17) is 14.3 Å². The summed E-state index contributed by atoms with van der Waals surface area (Å²) < 4.78 is 11.2. The Bertz CT molecular complexity index is 1580. The maximum Gasteiger partial charge on any atom is 0.261 e. The van der Waals surface area contributed by atoms with Crippen molar-refractivity contribution in [2.75, 3.05) is 13.7 Å². The number of rotatable bonds is 10. The minimum Gasteiger partial charge on any atom is -0.497 e. The maximum absolute atomic E-state index is 13.4. The van der Waals surface area contributed by atoms with Crippen molar-refractivity contribution >= 4 is 17.6 Å². The Hall–Kier alpha value is -5.21. The lowest BCUT2D eigenvalue weighted by Crippen LogP contribution is -2.47. The summed E-state index contributed by atoms with van der Waals surface area (Å²) in [7, 11) is 1.60. The molecule has 4 aromatic rings. The number of carbonyl (C=O) groups excluding carboxylic acids is 3. The normalized spacial score (nSPS) is 16.4. The summed E-state index contributed by atoms with van der Waals surface area (Å²) in [6.07, 6.45) is 0.995. The van der Waals surface area contributed by atoms with E-state index in [2.05, 4.69) is 0 Å². The summed E-state index contributed by atoms with van der Waals surface area (Å²) in [6.45, 7) is 0.135. The van der Waals surface area contributed by atoms with Crippen molar-refractivity contribution in [2.24, 2.45) is 0 Å². The second-order valence-electron chi connectivity index (χ2n) is 10.3. The number of methoxy groups -OCH3 is 1. The van der Waals surface area contributed by atoms with Crippen LogP contribution in [0.1, 0.15) is 49.9 Å². The number of ketones is 1. The van der Waals surface area contributed by atoms with Crippen LogP contribution in [0.4, 0.5) is 0 Å². The fourth-order valence-corrected chi connectivity index (χ4v) is 5.27. The lowest BCUT2D eigenvalue weighted by molar-refractivity contribution is -0.189. The Balaban J connectivity index is 1.31. The third kappa shape index (κ3) is 5.91. The van der Waals surface area contributed by atoms with Crippen molar-refractivity contribution < 1.29 is 28.7 Å². The summed E-state index contributed by atoms with van der Waals surface area (Å²) in [5.41, 5.74) is 3.38. The number of amides is 2. The highest BCUT2D eigenvalue weighted by atomic mass is 16.7. The van der Waals surface area contributed by atoms with Crippen molar-refractivity contribution in [2.45, 2.75) is 25.2 Å². The zero-order valence-corrected chi connectivity index (χ0v) is 23.6. The van der Waals surface area contributed by atoms with Gasteiger partial charge >= 0.3 is 0 Å². The van der Waals surface area contributed by atoms with E-state index in [9.17, 15) is 14.4 Å². The van der Waals surface area contributed by atoms with Crippen molar-refractivity contribution in [1.29, 1.82) is 0 Å². The highest BCUT2D eigenvalue weighted by Gasteiger charge is 2.40. The molecular formula is C35H30N2O6. The van der Waals surface area contributed by atoms with Crippen molar-refractivity contribution in [3.05, 3.63) is 149 Å². The fourth-order valence-electron chi connectivity index (χ4n) is 5.27. The summed E-state index contributed by atoms with van der Waals surface area (Å²) >= 11 is 0. The van der Waals surface area contributed by atoms with E-state index in [-0.39, 0.29) is 42.9 Å². The first-order valence-electron chi connectivity index (χ1n) is 14.0. The molecule has 0 bridgehead atoms. The Kier molecular flexibility index (Phi) is 8.02. The van der Waals surface area contributed by atoms with Crippen LogP contribution in [-0.2, 0) is 21.0 Å². The minimum atomic E-state index is -0.641. The number of hydrogen-bond donors (Lipinski definition) is 0. The van der Waals surface area contributed by atoms with Crippen LogP contribution in [0.15, 0.2) is 121 Å². The molecule has 8 heteroatoms. The van der Waals surface area contributed by atoms with Gasteiger partial charge in [-0.15, -0.1) is 0 Å². The van der Waals surface area contributed by atoms with Crippen LogP contribution in [0.2, 0.25) is 0 Å². The molecule has 0 aromatic heterocycles. The monoisotopic (exact) mass is 574 g/mol. The number of Topliss-reactive ketones (excluding diaryl/α,β-unsaturated/α-hetero) is 1. The molecule has 0 radical (unpaired) electrons. The van der Waals surface area contributed by atoms with E-state index in [1.807, 2.05) is 84.9 Å². The molecule has 1 unspecified atom stereocenters. The molecule has 216 valence electrons. The summed E-state index contributed by atoms with van der Waals surface area (Å²) in [4.78, 5) is 47.6. The number of allylic oxidation sites excluding steroid dienone is 1. The molecule has 0 N–H and O–H groups in total. The first-order chi connectivity index (χ1) is 21.0. The molecule has 2 aliphatic rings. The number of carbonyl (C=O) groups is 3. The van der Waals surface area contributed by atoms with Gasteiger partial charge in [0, 0.05) is 6.42 Å². The molecule has 0 saturated heterocycles. The molecule has 0 spiro atoms. The lowest BCUT2D eigenvalue weighted by atomic mass is 10.0. The topological polar surface area (TPSA) is 85.4 Å². The van der Waals surface area contributed by atoms with Crippen LogP contribution in [-0.4, -0.2) is 47.3 Å². The van der Waals surface area contributed by atoms with Gasteiger partial charge in [0.25, 0.3) is 11.8 Å². The maximum atomic E-state index is 13.4. The second-order valence-corrected chi connectivity index (χ2v) is 10.3. The molecule has 0 fully saturated rings. The third-order valence-corrected chi connectivity index (χ3v) is 7.56. The lowest BCUT2D eigenvalue weighted by Gasteiger charge is -2.37. The standard InChI is InChI=1S/C35H30N2O6/c1-41-28-18-16-24(17-19-28)23-42-32-22-37(43-33(25-10-4-2-5-11-25)26-12-6-3-7-13-26)27(20-31(32)38)21-36-34(39)29-14-8-9-15-30(29)35(36)40/h2-19,22,27,33H,20-21,23H2,1H3. The van der Waals surface area contributed by atoms with Crippen LogP contribution >= 0.6 is 0 Å². The molecule has 0 saturated carbocycles. The number of nitrogens with zero attached hydrogens (tertiary/aromatic N) is 2. The van der Waals surface area contributed by atoms with Gasteiger partial charge in [0.1, 0.15) is 18.5 Å². The summed E-state index contributed by atoms with van der Waals surface area (Å²) in [5, 5.41) is 1.57. The van der Waals surface area contributed by atoms with E-state index < -0.39 is 12.1 Å². The number of fused-ring (bicyclic) bond motifs is 1. The highest BCUT2D eigenvalue weighted by Crippen LogP contribution is 2.32. The van der Waals surface area contributed by atoms with Gasteiger partial charge in [-0.3, -0.25) is 29.2 Å². The zero-order valence-electron chi connectivity index (χ0n) is 23.6. The van der Waals surface area contributed by atoms with Crippen LogP contribution < -0.4 is 4.74 Å². The first kappa shape index (κ1) is 27.9. The molecule has 0 aliphatic carbocycles.